The van der Waals surface area contributed by atoms with E-state index in [4.69, 9.17) is 0 Å². The topological polar surface area (TPSA) is 38.7 Å². The van der Waals surface area contributed by atoms with Crippen LogP contribution in [0.5, 0.6) is 0 Å². The van der Waals surface area contributed by atoms with E-state index in [-0.39, 0.29) is 0 Å². The minimum absolute atomic E-state index is 0.331. The van der Waals surface area contributed by atoms with Gasteiger partial charge in [-0.3, -0.25) is 9.79 Å². The van der Waals surface area contributed by atoms with E-state index in [0.717, 1.165) is 0 Å². The third-order valence-electron chi connectivity index (χ3n) is 0.745. The van der Waals surface area contributed by atoms with E-state index in [1.54, 1.807) is 0 Å². The molecule has 0 atom stereocenters. The molecular formula is C5H5NO2. The fourth-order valence-corrected chi connectivity index (χ4v) is 0.408. The molecule has 42 valence electrons. The van der Waals surface area contributed by atoms with Gasteiger partial charge >= 0.3 is 0 Å². The van der Waals surface area contributed by atoms with Crippen molar-refractivity contribution in [3.63, 3.8) is 0 Å². The second-order valence-corrected chi connectivity index (χ2v) is 1.34. The highest BCUT2D eigenvalue weighted by Gasteiger charge is 1.92. The first-order chi connectivity index (χ1) is 3.93. The van der Waals surface area contributed by atoms with Crippen LogP contribution in [0.1, 0.15) is 0 Å². The summed E-state index contributed by atoms with van der Waals surface area (Å²) in [6.45, 7) is 0.331. The Morgan fingerprint density at radius 1 is 1.88 bits per heavy atom. The van der Waals surface area contributed by atoms with Crippen molar-refractivity contribution in [3.8, 4) is 0 Å². The lowest BCUT2D eigenvalue weighted by atomic mass is 10.3. The van der Waals surface area contributed by atoms with Crippen LogP contribution in [0.3, 0.4) is 0 Å². The lowest BCUT2D eigenvalue weighted by Crippen LogP contribution is -1.96. The minimum Gasteiger partial charge on any atom is -0.478 e. The molecule has 3 heteroatoms. The molecule has 8 heavy (non-hydrogen) atoms. The summed E-state index contributed by atoms with van der Waals surface area (Å²) in [6.07, 6.45) is 3.57. The molecule has 1 aliphatic rings. The van der Waals surface area contributed by atoms with Gasteiger partial charge in [-0.15, -0.1) is 0 Å². The zero-order valence-corrected chi connectivity index (χ0v) is 4.20. The Kier molecular flexibility index (Phi) is 1.42. The summed E-state index contributed by atoms with van der Waals surface area (Å²) in [5.41, 5.74) is 0.483. The Hall–Kier alpha value is -1.12. The molecule has 0 aromatic rings. The zero-order chi connectivity index (χ0) is 5.82. The van der Waals surface area contributed by atoms with E-state index in [1.165, 1.54) is 12.5 Å². The van der Waals surface area contributed by atoms with Crippen molar-refractivity contribution in [2.75, 3.05) is 6.73 Å². The van der Waals surface area contributed by atoms with Gasteiger partial charge in [-0.2, -0.15) is 0 Å². The average molecular weight is 111 g/mol. The fraction of sp³-hybridized carbons (Fsp3) is 0.200. The van der Waals surface area contributed by atoms with Crippen LogP contribution in [0, 0.1) is 0 Å². The van der Waals surface area contributed by atoms with Crippen LogP contribution in [0.2, 0.25) is 0 Å². The average Bonchev–Trinajstić information content (AvgIpc) is 1.90. The van der Waals surface area contributed by atoms with E-state index in [0.29, 0.717) is 18.6 Å². The monoisotopic (exact) mass is 111 g/mol. The lowest BCUT2D eigenvalue weighted by Gasteiger charge is -1.99. The number of hydrogen-bond donors (Lipinski definition) is 0. The van der Waals surface area contributed by atoms with Crippen molar-refractivity contribution in [2.45, 2.75) is 0 Å². The summed E-state index contributed by atoms with van der Waals surface area (Å²) < 4.78 is 4.68. The SMILES string of the molecule is O=CC1=COCN=C1. The molecule has 1 aliphatic heterocycles. The Bertz CT molecular complexity index is 149. The molecule has 0 radical (unpaired) electrons. The highest BCUT2D eigenvalue weighted by molar-refractivity contribution is 6.01. The summed E-state index contributed by atoms with van der Waals surface area (Å²) >= 11 is 0. The molecular weight excluding hydrogens is 106 g/mol. The number of aldehydes is 1. The van der Waals surface area contributed by atoms with Crippen molar-refractivity contribution in [2.24, 2.45) is 4.99 Å². The molecule has 3 nitrogen and oxygen atoms in total. The first-order valence-corrected chi connectivity index (χ1v) is 2.20. The predicted octanol–water partition coefficient (Wildman–Crippen LogP) is 0.128. The molecule has 0 fully saturated rings. The number of carbonyl (C=O) groups is 1. The van der Waals surface area contributed by atoms with Crippen molar-refractivity contribution in [1.82, 2.24) is 0 Å². The van der Waals surface area contributed by atoms with E-state index < -0.39 is 0 Å². The van der Waals surface area contributed by atoms with Crippen LogP contribution in [-0.4, -0.2) is 19.2 Å². The zero-order valence-electron chi connectivity index (χ0n) is 4.20. The van der Waals surface area contributed by atoms with Crippen LogP contribution in [0.25, 0.3) is 0 Å². The predicted molar refractivity (Wildman–Crippen MR) is 28.6 cm³/mol. The highest BCUT2D eigenvalue weighted by atomic mass is 16.5. The summed E-state index contributed by atoms with van der Waals surface area (Å²) in [4.78, 5) is 13.6. The number of ether oxygens (including phenoxy) is 1. The van der Waals surface area contributed by atoms with Gasteiger partial charge in [-0.25, -0.2) is 0 Å². The van der Waals surface area contributed by atoms with Gasteiger partial charge in [0.2, 0.25) is 0 Å². The highest BCUT2D eigenvalue weighted by Crippen LogP contribution is 1.92. The van der Waals surface area contributed by atoms with Gasteiger partial charge in [0, 0.05) is 6.21 Å². The number of carbonyl (C=O) groups excluding carboxylic acids is 1. The van der Waals surface area contributed by atoms with Gasteiger partial charge in [0.05, 0.1) is 11.8 Å². The second-order valence-electron chi connectivity index (χ2n) is 1.34. The second kappa shape index (κ2) is 2.26. The van der Waals surface area contributed by atoms with Gasteiger partial charge in [0.25, 0.3) is 0 Å². The van der Waals surface area contributed by atoms with Gasteiger partial charge in [0.15, 0.2) is 13.0 Å². The van der Waals surface area contributed by atoms with Crippen LogP contribution < -0.4 is 0 Å². The normalized spacial score (nSPS) is 16.8. The van der Waals surface area contributed by atoms with Crippen LogP contribution in [-0.2, 0) is 9.53 Å². The summed E-state index contributed by atoms with van der Waals surface area (Å²) in [7, 11) is 0. The maximum Gasteiger partial charge on any atom is 0.178 e. The standard InChI is InChI=1S/C5H5NO2/c7-2-5-1-6-4-8-3-5/h1-3H,4H2. The number of hydrogen-bond acceptors (Lipinski definition) is 3. The van der Waals surface area contributed by atoms with Crippen molar-refractivity contribution in [3.05, 3.63) is 11.8 Å². The molecule has 0 saturated heterocycles. The maximum absolute atomic E-state index is 9.92. The largest absolute Gasteiger partial charge is 0.478 e. The molecule has 1 heterocycles. The number of aliphatic imine (C=N–C) groups is 1. The number of allylic oxidation sites excluding steroid dienone is 1. The Morgan fingerprint density at radius 3 is 3.12 bits per heavy atom. The molecule has 0 amide bonds. The Balaban J connectivity index is 2.64. The smallest absolute Gasteiger partial charge is 0.178 e. The van der Waals surface area contributed by atoms with Crippen LogP contribution >= 0.6 is 0 Å². The third kappa shape index (κ3) is 0.932. The van der Waals surface area contributed by atoms with Crippen molar-refractivity contribution in [1.29, 1.82) is 0 Å². The number of rotatable bonds is 1. The van der Waals surface area contributed by atoms with Gasteiger partial charge in [-0.05, 0) is 0 Å². The lowest BCUT2D eigenvalue weighted by molar-refractivity contribution is -0.104. The molecule has 0 unspecified atom stereocenters. The molecule has 0 aliphatic carbocycles. The van der Waals surface area contributed by atoms with E-state index in [9.17, 15) is 4.79 Å². The summed E-state index contributed by atoms with van der Waals surface area (Å²) in [6, 6.07) is 0. The van der Waals surface area contributed by atoms with Crippen LogP contribution in [0.4, 0.5) is 0 Å². The molecule has 0 aromatic carbocycles. The summed E-state index contributed by atoms with van der Waals surface area (Å²) in [5, 5.41) is 0. The fourth-order valence-electron chi connectivity index (χ4n) is 0.408. The van der Waals surface area contributed by atoms with Crippen molar-refractivity contribution >= 4 is 12.5 Å². The van der Waals surface area contributed by atoms with E-state index in [1.807, 2.05) is 0 Å². The summed E-state index contributed by atoms with van der Waals surface area (Å²) in [5.74, 6) is 0. The third-order valence-corrected chi connectivity index (χ3v) is 0.745. The first kappa shape index (κ1) is 5.03. The maximum atomic E-state index is 9.92. The molecule has 0 bridgehead atoms. The van der Waals surface area contributed by atoms with E-state index >= 15 is 0 Å². The quantitative estimate of drug-likeness (QED) is 0.451. The minimum atomic E-state index is 0.331. The van der Waals surface area contributed by atoms with E-state index in [2.05, 4.69) is 9.73 Å². The molecule has 0 aromatic heterocycles. The van der Waals surface area contributed by atoms with Crippen molar-refractivity contribution < 1.29 is 9.53 Å². The van der Waals surface area contributed by atoms with Gasteiger partial charge in [-0.1, -0.05) is 0 Å². The Morgan fingerprint density at radius 2 is 2.75 bits per heavy atom. The first-order valence-electron chi connectivity index (χ1n) is 2.20. The molecule has 0 spiro atoms. The number of nitrogens with zero attached hydrogens (tertiary/aromatic N) is 1. The molecule has 0 N–H and O–H groups in total. The van der Waals surface area contributed by atoms with Gasteiger partial charge < -0.3 is 4.74 Å². The molecule has 1 rings (SSSR count). The van der Waals surface area contributed by atoms with Crippen LogP contribution in [0.15, 0.2) is 16.8 Å². The Labute approximate surface area is 46.7 Å². The van der Waals surface area contributed by atoms with Gasteiger partial charge in [0.1, 0.15) is 0 Å². The molecule has 0 saturated carbocycles.